The van der Waals surface area contributed by atoms with Gasteiger partial charge in [0.25, 0.3) is 0 Å². The lowest BCUT2D eigenvalue weighted by atomic mass is 9.93. The van der Waals surface area contributed by atoms with Crippen molar-refractivity contribution in [2.75, 3.05) is 31.7 Å². The molecule has 102 valence electrons. The third kappa shape index (κ3) is 3.03. The number of methoxy groups -OCH3 is 1. The molecule has 0 saturated carbocycles. The first kappa shape index (κ1) is 15.0. The Balaban J connectivity index is 3.13. The third-order valence-corrected chi connectivity index (χ3v) is 3.65. The Bertz CT molecular complexity index is 361. The molecule has 0 amide bonds. The van der Waals surface area contributed by atoms with Gasteiger partial charge in [-0.3, -0.25) is 0 Å². The molecular formula is C15H26N2O. The highest BCUT2D eigenvalue weighted by atomic mass is 16.5. The summed E-state index contributed by atoms with van der Waals surface area (Å²) >= 11 is 0. The summed E-state index contributed by atoms with van der Waals surface area (Å²) in [7, 11) is 1.74. The number of nitrogens with zero attached hydrogens (tertiary/aromatic N) is 1. The van der Waals surface area contributed by atoms with Crippen molar-refractivity contribution in [3.8, 4) is 0 Å². The van der Waals surface area contributed by atoms with Crippen LogP contribution in [0, 0.1) is 6.92 Å². The van der Waals surface area contributed by atoms with Gasteiger partial charge in [-0.2, -0.15) is 0 Å². The lowest BCUT2D eigenvalue weighted by molar-refractivity contribution is 0.127. The molecule has 0 heterocycles. The molecule has 0 fully saturated rings. The van der Waals surface area contributed by atoms with E-state index in [1.54, 1.807) is 7.11 Å². The fourth-order valence-electron chi connectivity index (χ4n) is 2.54. The van der Waals surface area contributed by atoms with Gasteiger partial charge in [-0.1, -0.05) is 19.1 Å². The van der Waals surface area contributed by atoms with Crippen LogP contribution < -0.4 is 10.6 Å². The number of anilines is 1. The Kier molecular flexibility index (Phi) is 5.63. The minimum Gasteiger partial charge on any atom is -0.382 e. The van der Waals surface area contributed by atoms with Crippen molar-refractivity contribution in [3.63, 3.8) is 0 Å². The molecule has 1 atom stereocenters. The van der Waals surface area contributed by atoms with Crippen molar-refractivity contribution in [3.05, 3.63) is 29.8 Å². The highest BCUT2D eigenvalue weighted by Gasteiger charge is 2.33. The minimum atomic E-state index is -0.114. The van der Waals surface area contributed by atoms with E-state index in [9.17, 15) is 0 Å². The standard InChI is InChI=1S/C15H26N2O/c1-5-15(11-16,12-18-4)17(6-2)14-9-7-8-13(3)10-14/h7-10H,5-6,11-12,16H2,1-4H3. The second-order valence-electron chi connectivity index (χ2n) is 4.80. The Morgan fingerprint density at radius 1 is 1.33 bits per heavy atom. The van der Waals surface area contributed by atoms with Gasteiger partial charge in [-0.25, -0.2) is 0 Å². The highest BCUT2D eigenvalue weighted by Crippen LogP contribution is 2.27. The number of rotatable bonds is 7. The summed E-state index contributed by atoms with van der Waals surface area (Å²) in [6.45, 7) is 8.63. The first-order valence-electron chi connectivity index (χ1n) is 6.66. The molecule has 0 saturated heterocycles. The minimum absolute atomic E-state index is 0.114. The molecule has 18 heavy (non-hydrogen) atoms. The lowest BCUT2D eigenvalue weighted by Crippen LogP contribution is -2.57. The van der Waals surface area contributed by atoms with Crippen molar-refractivity contribution in [1.29, 1.82) is 0 Å². The first-order valence-corrected chi connectivity index (χ1v) is 6.66. The van der Waals surface area contributed by atoms with Crippen molar-refractivity contribution < 1.29 is 4.74 Å². The maximum atomic E-state index is 6.03. The summed E-state index contributed by atoms with van der Waals surface area (Å²) in [4.78, 5) is 2.36. The SMILES string of the molecule is CCN(c1cccc(C)c1)C(CC)(CN)COC. The summed E-state index contributed by atoms with van der Waals surface area (Å²) < 4.78 is 5.40. The Morgan fingerprint density at radius 2 is 2.06 bits per heavy atom. The Labute approximate surface area is 111 Å². The van der Waals surface area contributed by atoms with Crippen LogP contribution in [0.3, 0.4) is 0 Å². The first-order chi connectivity index (χ1) is 8.63. The molecular weight excluding hydrogens is 224 g/mol. The predicted octanol–water partition coefficient (Wildman–Crippen LogP) is 2.58. The largest absolute Gasteiger partial charge is 0.382 e. The van der Waals surface area contributed by atoms with Gasteiger partial charge in [-0.05, 0) is 38.0 Å². The predicted molar refractivity (Wildman–Crippen MR) is 78.2 cm³/mol. The molecule has 1 aromatic carbocycles. The van der Waals surface area contributed by atoms with E-state index in [1.807, 2.05) is 0 Å². The molecule has 2 N–H and O–H groups in total. The van der Waals surface area contributed by atoms with Crippen LogP contribution in [0.4, 0.5) is 5.69 Å². The zero-order chi connectivity index (χ0) is 13.6. The third-order valence-electron chi connectivity index (χ3n) is 3.65. The number of ether oxygens (including phenoxy) is 1. The summed E-state index contributed by atoms with van der Waals surface area (Å²) in [5, 5.41) is 0. The fourth-order valence-corrected chi connectivity index (χ4v) is 2.54. The molecule has 3 nitrogen and oxygen atoms in total. The normalized spacial score (nSPS) is 14.3. The summed E-state index contributed by atoms with van der Waals surface area (Å²) in [5.74, 6) is 0. The second-order valence-corrected chi connectivity index (χ2v) is 4.80. The van der Waals surface area contributed by atoms with Gasteiger partial charge in [0, 0.05) is 25.9 Å². The summed E-state index contributed by atoms with van der Waals surface area (Å²) in [6, 6.07) is 8.56. The molecule has 0 aromatic heterocycles. The van der Waals surface area contributed by atoms with Crippen LogP contribution in [0.1, 0.15) is 25.8 Å². The number of hydrogen-bond acceptors (Lipinski definition) is 3. The highest BCUT2D eigenvalue weighted by molar-refractivity contribution is 5.51. The number of benzene rings is 1. The lowest BCUT2D eigenvalue weighted by Gasteiger charge is -2.43. The maximum absolute atomic E-state index is 6.03. The molecule has 0 aliphatic heterocycles. The molecule has 0 spiro atoms. The van der Waals surface area contributed by atoms with Gasteiger partial charge < -0.3 is 15.4 Å². The van der Waals surface area contributed by atoms with E-state index >= 15 is 0 Å². The van der Waals surface area contributed by atoms with E-state index < -0.39 is 0 Å². The molecule has 1 unspecified atom stereocenters. The van der Waals surface area contributed by atoms with Crippen LogP contribution in [0.25, 0.3) is 0 Å². The van der Waals surface area contributed by atoms with Gasteiger partial charge in [-0.15, -0.1) is 0 Å². The van der Waals surface area contributed by atoms with E-state index in [2.05, 4.69) is 49.9 Å². The average Bonchev–Trinajstić information content (AvgIpc) is 2.38. The van der Waals surface area contributed by atoms with E-state index in [0.717, 1.165) is 13.0 Å². The quantitative estimate of drug-likeness (QED) is 0.808. The van der Waals surface area contributed by atoms with Crippen LogP contribution in [0.5, 0.6) is 0 Å². The fraction of sp³-hybridized carbons (Fsp3) is 0.600. The molecule has 0 aliphatic rings. The van der Waals surface area contributed by atoms with E-state index in [4.69, 9.17) is 10.5 Å². The Morgan fingerprint density at radius 3 is 2.50 bits per heavy atom. The van der Waals surface area contributed by atoms with Crippen LogP contribution >= 0.6 is 0 Å². The van der Waals surface area contributed by atoms with Crippen LogP contribution in [-0.2, 0) is 4.74 Å². The van der Waals surface area contributed by atoms with Gasteiger partial charge in [0.05, 0.1) is 12.1 Å². The van der Waals surface area contributed by atoms with Crippen molar-refractivity contribution in [2.24, 2.45) is 5.73 Å². The molecule has 1 rings (SSSR count). The van der Waals surface area contributed by atoms with E-state index in [0.29, 0.717) is 13.2 Å². The number of hydrogen-bond donors (Lipinski definition) is 1. The summed E-state index contributed by atoms with van der Waals surface area (Å²) in [6.07, 6.45) is 0.971. The monoisotopic (exact) mass is 250 g/mol. The molecule has 0 radical (unpaired) electrons. The molecule has 3 heteroatoms. The molecule has 1 aromatic rings. The topological polar surface area (TPSA) is 38.5 Å². The van der Waals surface area contributed by atoms with Gasteiger partial charge in [0.1, 0.15) is 0 Å². The second kappa shape index (κ2) is 6.76. The Hall–Kier alpha value is -1.06. The number of nitrogens with two attached hydrogens (primary N) is 1. The smallest absolute Gasteiger partial charge is 0.0753 e. The molecule has 0 bridgehead atoms. The van der Waals surface area contributed by atoms with Crippen LogP contribution in [0.2, 0.25) is 0 Å². The summed E-state index contributed by atoms with van der Waals surface area (Å²) in [5.41, 5.74) is 8.41. The van der Waals surface area contributed by atoms with Gasteiger partial charge in [0.15, 0.2) is 0 Å². The van der Waals surface area contributed by atoms with Crippen molar-refractivity contribution in [1.82, 2.24) is 0 Å². The maximum Gasteiger partial charge on any atom is 0.0753 e. The molecule has 0 aliphatic carbocycles. The zero-order valence-corrected chi connectivity index (χ0v) is 12.1. The average molecular weight is 250 g/mol. The number of aryl methyl sites for hydroxylation is 1. The van der Waals surface area contributed by atoms with E-state index in [-0.39, 0.29) is 5.54 Å². The van der Waals surface area contributed by atoms with Gasteiger partial charge >= 0.3 is 0 Å². The van der Waals surface area contributed by atoms with Crippen molar-refractivity contribution >= 4 is 5.69 Å². The van der Waals surface area contributed by atoms with Crippen LogP contribution in [0.15, 0.2) is 24.3 Å². The van der Waals surface area contributed by atoms with Crippen molar-refractivity contribution in [2.45, 2.75) is 32.7 Å². The number of likely N-dealkylation sites (N-methyl/N-ethyl adjacent to an activating group) is 1. The van der Waals surface area contributed by atoms with Gasteiger partial charge in [0.2, 0.25) is 0 Å². The van der Waals surface area contributed by atoms with E-state index in [1.165, 1.54) is 11.3 Å². The van der Waals surface area contributed by atoms with Crippen LogP contribution in [-0.4, -0.2) is 32.3 Å². The zero-order valence-electron chi connectivity index (χ0n) is 12.1.